The molecule has 0 unspecified atom stereocenters. The van der Waals surface area contributed by atoms with Crippen LogP contribution in [0.4, 0.5) is 0 Å². The van der Waals surface area contributed by atoms with E-state index in [1.165, 1.54) is 30.3 Å². The van der Waals surface area contributed by atoms with Crippen LogP contribution in [0.2, 0.25) is 0 Å². The molecule has 2 fully saturated rings. The van der Waals surface area contributed by atoms with Gasteiger partial charge in [0.2, 0.25) is 0 Å². The van der Waals surface area contributed by atoms with Gasteiger partial charge >= 0.3 is 17.9 Å². The number of ether oxygens (including phenoxy) is 6. The molecule has 2 aliphatic heterocycles. The molecule has 0 amide bonds. The molecule has 0 bridgehead atoms. The third-order valence-electron chi connectivity index (χ3n) is 10.7. The third kappa shape index (κ3) is 9.35. The second-order valence-corrected chi connectivity index (χ2v) is 14.6. The molecule has 0 atom stereocenters. The summed E-state index contributed by atoms with van der Waals surface area (Å²) in [5.41, 5.74) is 2.66. The first kappa shape index (κ1) is 38.5. The van der Waals surface area contributed by atoms with Crippen LogP contribution < -0.4 is 9.47 Å². The van der Waals surface area contributed by atoms with E-state index < -0.39 is 17.9 Å². The summed E-state index contributed by atoms with van der Waals surface area (Å²) in [4.78, 5) is 38.1. The first-order valence-electron chi connectivity index (χ1n) is 18.9. The highest BCUT2D eigenvalue weighted by Gasteiger charge is 2.37. The molecule has 0 aliphatic carbocycles. The van der Waals surface area contributed by atoms with Crippen molar-refractivity contribution in [3.05, 3.63) is 125 Å². The van der Waals surface area contributed by atoms with Crippen molar-refractivity contribution in [1.82, 2.24) is 0 Å². The van der Waals surface area contributed by atoms with E-state index in [1.54, 1.807) is 24.3 Å². The van der Waals surface area contributed by atoms with Crippen molar-refractivity contribution in [3.63, 3.8) is 0 Å². The Kier molecular flexibility index (Phi) is 11.9. The largest absolute Gasteiger partial charge is 0.435 e. The summed E-state index contributed by atoms with van der Waals surface area (Å²) >= 11 is 0. The quantitative estimate of drug-likeness (QED) is 0.0275. The number of fused-ring (bicyclic) bond motifs is 2. The van der Waals surface area contributed by atoms with Gasteiger partial charge < -0.3 is 28.4 Å². The van der Waals surface area contributed by atoms with Gasteiger partial charge in [-0.1, -0.05) is 56.0 Å². The minimum absolute atomic E-state index is 0.0299. The van der Waals surface area contributed by atoms with Crippen LogP contribution in [-0.4, -0.2) is 57.7 Å². The summed E-state index contributed by atoms with van der Waals surface area (Å²) in [6.45, 7) is 7.69. The van der Waals surface area contributed by atoms with Crippen LogP contribution >= 0.6 is 0 Å². The van der Waals surface area contributed by atoms with Gasteiger partial charge in [0.25, 0.3) is 0 Å². The Hall–Kier alpha value is -5.79. The highest BCUT2D eigenvalue weighted by Crippen LogP contribution is 2.36. The SMILES string of the molecule is CCC1(CCC#Cc2ccc3cc(OC(=O)c4ccc(C(=O)Oc5ccc6cc(/C=C/C(=O)OCOCC7(CC)COC7)ccc6c5)cc4)ccc3c2)COC1. The van der Waals surface area contributed by atoms with Gasteiger partial charge in [-0.3, -0.25) is 0 Å². The van der Waals surface area contributed by atoms with Crippen molar-refractivity contribution < 1.29 is 42.8 Å². The van der Waals surface area contributed by atoms with E-state index in [9.17, 15) is 14.4 Å². The van der Waals surface area contributed by atoms with E-state index in [2.05, 4.69) is 25.7 Å². The number of esters is 3. The van der Waals surface area contributed by atoms with Gasteiger partial charge in [0.15, 0.2) is 6.79 Å². The molecule has 2 saturated heterocycles. The summed E-state index contributed by atoms with van der Waals surface area (Å²) in [6, 6.07) is 28.6. The molecule has 0 spiro atoms. The zero-order valence-corrected chi connectivity index (χ0v) is 31.6. The van der Waals surface area contributed by atoms with E-state index in [-0.39, 0.29) is 17.8 Å². The summed E-state index contributed by atoms with van der Waals surface area (Å²) < 4.78 is 32.7. The van der Waals surface area contributed by atoms with Crippen LogP contribution in [0.15, 0.2) is 103 Å². The van der Waals surface area contributed by atoms with Gasteiger partial charge in [-0.05, 0) is 119 Å². The third-order valence-corrected chi connectivity index (χ3v) is 10.7. The number of hydrogen-bond donors (Lipinski definition) is 0. The zero-order valence-electron chi connectivity index (χ0n) is 31.6. The minimum Gasteiger partial charge on any atom is -0.435 e. The Balaban J connectivity index is 0.884. The molecule has 5 aromatic carbocycles. The van der Waals surface area contributed by atoms with Crippen molar-refractivity contribution in [2.75, 3.05) is 39.8 Å². The van der Waals surface area contributed by atoms with Crippen LogP contribution in [0.3, 0.4) is 0 Å². The molecule has 56 heavy (non-hydrogen) atoms. The lowest BCUT2D eigenvalue weighted by atomic mass is 9.79. The van der Waals surface area contributed by atoms with Crippen LogP contribution in [0.25, 0.3) is 27.6 Å². The molecule has 2 heterocycles. The Bertz CT molecular complexity index is 2310. The van der Waals surface area contributed by atoms with Gasteiger partial charge in [-0.15, -0.1) is 0 Å². The minimum atomic E-state index is -0.561. The molecule has 7 rings (SSSR count). The maximum absolute atomic E-state index is 13.0. The monoisotopic (exact) mass is 752 g/mol. The Morgan fingerprint density at radius 1 is 0.679 bits per heavy atom. The van der Waals surface area contributed by atoms with Gasteiger partial charge in [0.05, 0.1) is 44.2 Å². The number of hydrogen-bond acceptors (Lipinski definition) is 9. The van der Waals surface area contributed by atoms with Crippen molar-refractivity contribution in [2.24, 2.45) is 10.8 Å². The fraction of sp³-hybridized carbons (Fsp3) is 0.298. The van der Waals surface area contributed by atoms with Crippen molar-refractivity contribution in [1.29, 1.82) is 0 Å². The lowest BCUT2D eigenvalue weighted by molar-refractivity contribution is -0.178. The molecular weight excluding hydrogens is 709 g/mol. The first-order chi connectivity index (χ1) is 27.2. The number of carbonyl (C=O) groups excluding carboxylic acids is 3. The highest BCUT2D eigenvalue weighted by molar-refractivity contribution is 5.96. The van der Waals surface area contributed by atoms with Crippen molar-refractivity contribution >= 4 is 45.5 Å². The average molecular weight is 753 g/mol. The first-order valence-corrected chi connectivity index (χ1v) is 18.9. The molecule has 9 nitrogen and oxygen atoms in total. The second kappa shape index (κ2) is 17.3. The van der Waals surface area contributed by atoms with Crippen molar-refractivity contribution in [2.45, 2.75) is 39.5 Å². The molecule has 0 N–H and O–H groups in total. The molecule has 9 heteroatoms. The van der Waals surface area contributed by atoms with Crippen LogP contribution in [-0.2, 0) is 23.7 Å². The van der Waals surface area contributed by atoms with Gasteiger partial charge in [0.1, 0.15) is 11.5 Å². The predicted molar refractivity (Wildman–Crippen MR) is 213 cm³/mol. The molecular formula is C47H44O9. The van der Waals surface area contributed by atoms with E-state index in [4.69, 9.17) is 28.4 Å². The second-order valence-electron chi connectivity index (χ2n) is 14.6. The topological polar surface area (TPSA) is 107 Å². The Morgan fingerprint density at radius 3 is 1.80 bits per heavy atom. The normalized spacial score (nSPS) is 15.3. The van der Waals surface area contributed by atoms with Gasteiger partial charge in [0, 0.05) is 28.9 Å². The standard InChI is InChI=1S/C47H44O9/c1-3-46(27-51-28-46)22-6-5-7-33-8-11-39-25-41(19-17-37(39)23-33)55-44(49)35-13-15-36(16-14-35)45(50)56-42-20-18-38-24-34(9-12-40(38)26-42)10-21-43(48)54-32-53-31-47(4-2)29-52-30-47/h8-21,23-26H,3-4,6,22,27-32H2,1-2H3/b21-10+. The lowest BCUT2D eigenvalue weighted by Crippen LogP contribution is -2.45. The smallest absolute Gasteiger partial charge is 0.343 e. The van der Waals surface area contributed by atoms with E-state index in [0.717, 1.165) is 71.6 Å². The molecule has 2 aliphatic rings. The Morgan fingerprint density at radius 2 is 1.23 bits per heavy atom. The van der Waals surface area contributed by atoms with Crippen LogP contribution in [0, 0.1) is 22.7 Å². The lowest BCUT2D eigenvalue weighted by Gasteiger charge is -2.40. The number of rotatable bonds is 14. The molecule has 5 aromatic rings. The fourth-order valence-electron chi connectivity index (χ4n) is 6.61. The fourth-order valence-corrected chi connectivity index (χ4v) is 6.61. The summed E-state index contributed by atoms with van der Waals surface area (Å²) in [7, 11) is 0. The van der Waals surface area contributed by atoms with Crippen LogP contribution in [0.1, 0.15) is 71.4 Å². The molecule has 0 aromatic heterocycles. The van der Waals surface area contributed by atoms with Crippen molar-refractivity contribution in [3.8, 4) is 23.3 Å². The zero-order chi connectivity index (χ0) is 39.0. The maximum Gasteiger partial charge on any atom is 0.343 e. The Labute approximate surface area is 326 Å². The summed E-state index contributed by atoms with van der Waals surface area (Å²) in [6.07, 6.45) is 6.99. The maximum atomic E-state index is 13.0. The predicted octanol–water partition coefficient (Wildman–Crippen LogP) is 8.95. The molecule has 0 saturated carbocycles. The summed E-state index contributed by atoms with van der Waals surface area (Å²) in [5.74, 6) is 5.77. The van der Waals surface area contributed by atoms with Gasteiger partial charge in [-0.25, -0.2) is 14.4 Å². The van der Waals surface area contributed by atoms with E-state index in [0.29, 0.717) is 42.3 Å². The summed E-state index contributed by atoms with van der Waals surface area (Å²) in [5, 5.41) is 3.68. The highest BCUT2D eigenvalue weighted by atomic mass is 16.7. The molecule has 0 radical (unpaired) electrons. The number of carbonyl (C=O) groups is 3. The number of benzene rings is 5. The van der Waals surface area contributed by atoms with E-state index in [1.807, 2.05) is 54.6 Å². The van der Waals surface area contributed by atoms with Gasteiger partial charge in [-0.2, -0.15) is 0 Å². The average Bonchev–Trinajstić information content (AvgIpc) is 3.19. The van der Waals surface area contributed by atoms with E-state index >= 15 is 0 Å². The van der Waals surface area contributed by atoms with Crippen LogP contribution in [0.5, 0.6) is 11.5 Å². The molecule has 286 valence electrons.